The molecule has 2 aliphatic heterocycles. The number of nitrogens with one attached hydrogen (secondary N) is 2. The minimum absolute atomic E-state index is 0. The number of pyridine rings is 1. The fraction of sp³-hybridized carbons (Fsp3) is 0.429. The lowest BCUT2D eigenvalue weighted by Crippen LogP contribution is -2.44. The summed E-state index contributed by atoms with van der Waals surface area (Å²) in [6.45, 7) is 3.13. The highest BCUT2D eigenvalue weighted by Crippen LogP contribution is 2.37. The van der Waals surface area contributed by atoms with Crippen LogP contribution in [0.25, 0.3) is 0 Å². The number of anilines is 1. The molecule has 0 spiro atoms. The molecule has 7 nitrogen and oxygen atoms in total. The van der Waals surface area contributed by atoms with Crippen LogP contribution in [0.3, 0.4) is 0 Å². The van der Waals surface area contributed by atoms with Crippen molar-refractivity contribution in [1.82, 2.24) is 15.6 Å². The molecule has 1 saturated heterocycles. The van der Waals surface area contributed by atoms with Gasteiger partial charge in [0.2, 0.25) is 0 Å². The van der Waals surface area contributed by atoms with Gasteiger partial charge in [0.25, 0.3) is 0 Å². The summed E-state index contributed by atoms with van der Waals surface area (Å²) in [6, 6.07) is 6.99. The first kappa shape index (κ1) is 23.6. The molecule has 1 aromatic heterocycles. The van der Waals surface area contributed by atoms with Crippen LogP contribution in [0, 0.1) is 5.82 Å². The number of benzene rings is 1. The second-order valence-electron chi connectivity index (χ2n) is 7.27. The normalized spacial score (nSPS) is 18.2. The summed E-state index contributed by atoms with van der Waals surface area (Å²) in [5, 5.41) is 7.24. The van der Waals surface area contributed by atoms with E-state index in [4.69, 9.17) is 21.1 Å². The lowest BCUT2D eigenvalue weighted by molar-refractivity contribution is 0.297. The zero-order chi connectivity index (χ0) is 20.9. The van der Waals surface area contributed by atoms with E-state index in [9.17, 15) is 4.39 Å². The van der Waals surface area contributed by atoms with Gasteiger partial charge in [-0.2, -0.15) is 0 Å². The van der Waals surface area contributed by atoms with Crippen LogP contribution in [0.2, 0.25) is 5.02 Å². The van der Waals surface area contributed by atoms with E-state index in [1.807, 2.05) is 17.0 Å². The molecule has 3 heterocycles. The van der Waals surface area contributed by atoms with Crippen molar-refractivity contribution in [2.75, 3.05) is 38.3 Å². The Balaban J connectivity index is 0.00000272. The van der Waals surface area contributed by atoms with Crippen LogP contribution >= 0.6 is 35.6 Å². The van der Waals surface area contributed by atoms with Gasteiger partial charge in [-0.15, -0.1) is 24.0 Å². The van der Waals surface area contributed by atoms with Gasteiger partial charge in [-0.3, -0.25) is 4.99 Å². The Morgan fingerprint density at radius 3 is 3.00 bits per heavy atom. The summed E-state index contributed by atoms with van der Waals surface area (Å²) in [7, 11) is 1.72. The zero-order valence-electron chi connectivity index (χ0n) is 17.2. The Labute approximate surface area is 203 Å². The lowest BCUT2D eigenvalue weighted by Gasteiger charge is -2.20. The summed E-state index contributed by atoms with van der Waals surface area (Å²) in [4.78, 5) is 10.4. The summed E-state index contributed by atoms with van der Waals surface area (Å²) in [5.74, 6) is 2.04. The van der Waals surface area contributed by atoms with Crippen LogP contribution in [-0.4, -0.2) is 50.3 Å². The molecule has 168 valence electrons. The molecule has 10 heteroatoms. The number of rotatable bonds is 4. The zero-order valence-corrected chi connectivity index (χ0v) is 20.3. The van der Waals surface area contributed by atoms with E-state index < -0.39 is 0 Å². The van der Waals surface area contributed by atoms with Crippen LogP contribution in [0.15, 0.2) is 35.5 Å². The second-order valence-corrected chi connectivity index (χ2v) is 7.67. The van der Waals surface area contributed by atoms with Crippen LogP contribution in [-0.2, 0) is 6.54 Å². The minimum Gasteiger partial charge on any atom is -0.489 e. The first-order chi connectivity index (χ1) is 14.6. The molecule has 0 saturated carbocycles. The van der Waals surface area contributed by atoms with Gasteiger partial charge in [-0.1, -0.05) is 11.6 Å². The predicted molar refractivity (Wildman–Crippen MR) is 131 cm³/mol. The quantitative estimate of drug-likeness (QED) is 0.338. The lowest BCUT2D eigenvalue weighted by atomic mass is 10.2. The Bertz CT molecular complexity index is 933. The molecule has 1 fully saturated rings. The van der Waals surface area contributed by atoms with E-state index in [2.05, 4.69) is 20.6 Å². The maximum atomic E-state index is 14.0. The topological polar surface area (TPSA) is 71.0 Å². The van der Waals surface area contributed by atoms with Crippen molar-refractivity contribution >= 4 is 47.4 Å². The average Bonchev–Trinajstić information content (AvgIpc) is 3.07. The second kappa shape index (κ2) is 11.0. The Morgan fingerprint density at radius 1 is 1.35 bits per heavy atom. The van der Waals surface area contributed by atoms with Gasteiger partial charge in [0.05, 0.1) is 18.2 Å². The molecule has 2 aromatic rings. The van der Waals surface area contributed by atoms with Crippen molar-refractivity contribution in [2.24, 2.45) is 4.99 Å². The van der Waals surface area contributed by atoms with Gasteiger partial charge in [0.1, 0.15) is 0 Å². The van der Waals surface area contributed by atoms with Crippen LogP contribution in [0.5, 0.6) is 11.5 Å². The summed E-state index contributed by atoms with van der Waals surface area (Å²) >= 11 is 6.37. The molecular weight excluding hydrogens is 536 g/mol. The molecule has 1 atom stereocenters. The number of hydrogen-bond donors (Lipinski definition) is 2. The Kier molecular flexibility index (Phi) is 8.42. The molecule has 0 aliphatic carbocycles. The van der Waals surface area contributed by atoms with Gasteiger partial charge in [0, 0.05) is 45.3 Å². The van der Waals surface area contributed by atoms with Gasteiger partial charge >= 0.3 is 0 Å². The number of aromatic nitrogens is 1. The third-order valence-corrected chi connectivity index (χ3v) is 5.39. The SMILES string of the molecule is CN=C(NCc1cc(Cl)c2c(c1)OCCCO2)NC1CCN(c2ncccc2F)C1.I. The Morgan fingerprint density at radius 2 is 2.19 bits per heavy atom. The minimum atomic E-state index is -0.299. The highest BCUT2D eigenvalue weighted by molar-refractivity contribution is 14.0. The van der Waals surface area contributed by atoms with E-state index >= 15 is 0 Å². The number of ether oxygens (including phenoxy) is 2. The van der Waals surface area contributed by atoms with Crippen molar-refractivity contribution in [3.8, 4) is 11.5 Å². The third kappa shape index (κ3) is 5.82. The molecule has 1 unspecified atom stereocenters. The predicted octanol–water partition coefficient (Wildman–Crippen LogP) is 3.60. The number of nitrogens with zero attached hydrogens (tertiary/aromatic N) is 3. The molecule has 2 N–H and O–H groups in total. The number of aliphatic imine (C=N–C) groups is 1. The van der Waals surface area contributed by atoms with E-state index in [0.29, 0.717) is 54.6 Å². The fourth-order valence-corrected chi connectivity index (χ4v) is 3.93. The fourth-order valence-electron chi connectivity index (χ4n) is 3.64. The maximum Gasteiger partial charge on any atom is 0.191 e. The molecule has 1 aromatic carbocycles. The van der Waals surface area contributed by atoms with Gasteiger partial charge < -0.3 is 25.0 Å². The summed E-state index contributed by atoms with van der Waals surface area (Å²) in [5.41, 5.74) is 0.968. The van der Waals surface area contributed by atoms with E-state index in [1.54, 1.807) is 19.3 Å². The van der Waals surface area contributed by atoms with Crippen molar-refractivity contribution in [3.63, 3.8) is 0 Å². The van der Waals surface area contributed by atoms with Crippen molar-refractivity contribution in [3.05, 3.63) is 46.9 Å². The standard InChI is InChI=1S/C21H25ClFN5O2.HI/c1-24-21(27-15-5-7-28(13-15)20-17(23)4-2-6-25-20)26-12-14-10-16(22)19-18(11-14)29-8-3-9-30-19;/h2,4,6,10-11,15H,3,5,7-9,12-13H2,1H3,(H2,24,26,27);1H. The van der Waals surface area contributed by atoms with Gasteiger partial charge in [0.15, 0.2) is 29.1 Å². The van der Waals surface area contributed by atoms with Crippen molar-refractivity contribution < 1.29 is 13.9 Å². The molecule has 4 rings (SSSR count). The molecule has 2 aliphatic rings. The maximum absolute atomic E-state index is 14.0. The van der Waals surface area contributed by atoms with Crippen molar-refractivity contribution in [2.45, 2.75) is 25.4 Å². The monoisotopic (exact) mass is 561 g/mol. The van der Waals surface area contributed by atoms with E-state index in [0.717, 1.165) is 24.9 Å². The highest BCUT2D eigenvalue weighted by atomic mass is 127. The largest absolute Gasteiger partial charge is 0.489 e. The first-order valence-electron chi connectivity index (χ1n) is 10.0. The number of guanidine groups is 1. The molecule has 0 radical (unpaired) electrons. The van der Waals surface area contributed by atoms with Gasteiger partial charge in [-0.25, -0.2) is 9.37 Å². The van der Waals surface area contributed by atoms with Crippen LogP contribution < -0.4 is 25.0 Å². The smallest absolute Gasteiger partial charge is 0.191 e. The van der Waals surface area contributed by atoms with E-state index in [1.165, 1.54) is 6.07 Å². The number of fused-ring (bicyclic) bond motifs is 1. The summed E-state index contributed by atoms with van der Waals surface area (Å²) in [6.07, 6.45) is 3.31. The van der Waals surface area contributed by atoms with Gasteiger partial charge in [-0.05, 0) is 36.2 Å². The van der Waals surface area contributed by atoms with E-state index in [-0.39, 0.29) is 35.8 Å². The first-order valence-corrected chi connectivity index (χ1v) is 10.4. The molecule has 0 amide bonds. The summed E-state index contributed by atoms with van der Waals surface area (Å²) < 4.78 is 25.4. The highest BCUT2D eigenvalue weighted by Gasteiger charge is 2.26. The van der Waals surface area contributed by atoms with Crippen molar-refractivity contribution in [1.29, 1.82) is 0 Å². The number of halogens is 3. The Hall–Kier alpha value is -2.01. The van der Waals surface area contributed by atoms with Crippen LogP contribution in [0.4, 0.5) is 10.2 Å². The van der Waals surface area contributed by atoms with Crippen LogP contribution in [0.1, 0.15) is 18.4 Å². The third-order valence-electron chi connectivity index (χ3n) is 5.11. The molecule has 31 heavy (non-hydrogen) atoms. The number of hydrogen-bond acceptors (Lipinski definition) is 5. The molecule has 0 bridgehead atoms. The average molecular weight is 562 g/mol. The molecular formula is C21H26ClFIN5O2.